The van der Waals surface area contributed by atoms with Crippen molar-refractivity contribution in [1.82, 2.24) is 29.9 Å². The summed E-state index contributed by atoms with van der Waals surface area (Å²) < 4.78 is 2.07. The SMILES string of the molecule is NCc1nnc2n1CCN(Cc1ccc3c(c1)C(=O)N(C1CCC(=O)NC1=O)C3)C2. The molecule has 0 aliphatic carbocycles. The second-order valence-corrected chi connectivity index (χ2v) is 7.99. The number of nitrogens with two attached hydrogens (primary N) is 1. The summed E-state index contributed by atoms with van der Waals surface area (Å²) in [7, 11) is 0. The van der Waals surface area contributed by atoms with Gasteiger partial charge in [-0.05, 0) is 23.6 Å². The number of benzene rings is 1. The molecule has 5 rings (SSSR count). The fourth-order valence-corrected chi connectivity index (χ4v) is 4.51. The summed E-state index contributed by atoms with van der Waals surface area (Å²) in [6.45, 7) is 3.80. The van der Waals surface area contributed by atoms with E-state index in [1.165, 1.54) is 0 Å². The Morgan fingerprint density at radius 2 is 2.00 bits per heavy atom. The van der Waals surface area contributed by atoms with Crippen LogP contribution in [0, 0.1) is 0 Å². The van der Waals surface area contributed by atoms with Gasteiger partial charge < -0.3 is 15.2 Å². The summed E-state index contributed by atoms with van der Waals surface area (Å²) >= 11 is 0. The Bertz CT molecular complexity index is 1050. The fourth-order valence-electron chi connectivity index (χ4n) is 4.51. The number of amides is 3. The first kappa shape index (κ1) is 18.9. The van der Waals surface area contributed by atoms with E-state index in [-0.39, 0.29) is 24.1 Å². The minimum atomic E-state index is -0.587. The molecule has 3 aliphatic rings. The van der Waals surface area contributed by atoms with Crippen LogP contribution in [0.5, 0.6) is 0 Å². The van der Waals surface area contributed by atoms with E-state index in [2.05, 4.69) is 25.0 Å². The first-order valence-electron chi connectivity index (χ1n) is 10.1. The van der Waals surface area contributed by atoms with Crippen molar-refractivity contribution >= 4 is 17.7 Å². The first-order chi connectivity index (χ1) is 14.5. The molecule has 3 amide bonds. The second-order valence-electron chi connectivity index (χ2n) is 7.99. The molecule has 10 nitrogen and oxygen atoms in total. The Labute approximate surface area is 173 Å². The predicted octanol–water partition coefficient (Wildman–Crippen LogP) is -0.486. The monoisotopic (exact) mass is 409 g/mol. The van der Waals surface area contributed by atoms with Crippen LogP contribution < -0.4 is 11.1 Å². The number of imide groups is 1. The Morgan fingerprint density at radius 3 is 2.80 bits per heavy atom. The number of fused-ring (bicyclic) bond motifs is 2. The largest absolute Gasteiger partial charge is 0.324 e. The number of nitrogens with one attached hydrogen (secondary N) is 1. The van der Waals surface area contributed by atoms with E-state index in [0.717, 1.165) is 35.9 Å². The second kappa shape index (κ2) is 7.29. The zero-order valence-corrected chi connectivity index (χ0v) is 16.5. The zero-order valence-electron chi connectivity index (χ0n) is 16.5. The normalized spacial score (nSPS) is 21.6. The van der Waals surface area contributed by atoms with E-state index in [1.807, 2.05) is 18.2 Å². The molecule has 3 N–H and O–H groups in total. The lowest BCUT2D eigenvalue weighted by Gasteiger charge is -2.29. The summed E-state index contributed by atoms with van der Waals surface area (Å²) in [5, 5.41) is 10.7. The maximum Gasteiger partial charge on any atom is 0.255 e. The number of aromatic nitrogens is 3. The van der Waals surface area contributed by atoms with Crippen LogP contribution in [0.25, 0.3) is 0 Å². The molecule has 0 bridgehead atoms. The van der Waals surface area contributed by atoms with Crippen molar-refractivity contribution in [2.45, 2.75) is 51.6 Å². The Morgan fingerprint density at radius 1 is 1.13 bits per heavy atom. The van der Waals surface area contributed by atoms with Crippen molar-refractivity contribution in [3.05, 3.63) is 46.5 Å². The molecule has 1 aromatic heterocycles. The Kier molecular flexibility index (Phi) is 4.59. The minimum absolute atomic E-state index is 0.146. The van der Waals surface area contributed by atoms with Gasteiger partial charge in [0.25, 0.3) is 5.91 Å². The van der Waals surface area contributed by atoms with Gasteiger partial charge in [0.1, 0.15) is 17.7 Å². The molecule has 156 valence electrons. The highest BCUT2D eigenvalue weighted by atomic mass is 16.2. The molecular weight excluding hydrogens is 386 g/mol. The quantitative estimate of drug-likeness (QED) is 0.653. The highest BCUT2D eigenvalue weighted by molar-refractivity contribution is 6.05. The van der Waals surface area contributed by atoms with Crippen molar-refractivity contribution in [1.29, 1.82) is 0 Å². The summed E-state index contributed by atoms with van der Waals surface area (Å²) in [6, 6.07) is 5.34. The van der Waals surface area contributed by atoms with Crippen molar-refractivity contribution < 1.29 is 14.4 Å². The highest BCUT2D eigenvalue weighted by Gasteiger charge is 2.39. The van der Waals surface area contributed by atoms with Crippen LogP contribution in [-0.2, 0) is 42.3 Å². The highest BCUT2D eigenvalue weighted by Crippen LogP contribution is 2.28. The van der Waals surface area contributed by atoms with Gasteiger partial charge in [-0.2, -0.15) is 0 Å². The number of carbonyl (C=O) groups excluding carboxylic acids is 3. The molecule has 0 saturated carbocycles. The predicted molar refractivity (Wildman–Crippen MR) is 105 cm³/mol. The van der Waals surface area contributed by atoms with Crippen molar-refractivity contribution in [2.24, 2.45) is 5.73 Å². The topological polar surface area (TPSA) is 126 Å². The summed E-state index contributed by atoms with van der Waals surface area (Å²) in [6.07, 6.45) is 0.629. The molecule has 1 atom stereocenters. The number of nitrogens with zero attached hydrogens (tertiary/aromatic N) is 5. The molecule has 0 radical (unpaired) electrons. The van der Waals surface area contributed by atoms with Gasteiger partial charge in [0, 0.05) is 38.2 Å². The van der Waals surface area contributed by atoms with Gasteiger partial charge in [-0.1, -0.05) is 12.1 Å². The van der Waals surface area contributed by atoms with E-state index >= 15 is 0 Å². The number of hydrogen-bond acceptors (Lipinski definition) is 7. The number of piperidine rings is 1. The lowest BCUT2D eigenvalue weighted by Crippen LogP contribution is -2.52. The third-order valence-electron chi connectivity index (χ3n) is 6.09. The molecule has 1 fully saturated rings. The van der Waals surface area contributed by atoms with Crippen LogP contribution in [0.4, 0.5) is 0 Å². The van der Waals surface area contributed by atoms with E-state index in [9.17, 15) is 14.4 Å². The third kappa shape index (κ3) is 3.17. The molecule has 1 unspecified atom stereocenters. The van der Waals surface area contributed by atoms with Gasteiger partial charge in [0.15, 0.2) is 0 Å². The van der Waals surface area contributed by atoms with E-state index < -0.39 is 6.04 Å². The van der Waals surface area contributed by atoms with Crippen molar-refractivity contribution in [2.75, 3.05) is 6.54 Å². The van der Waals surface area contributed by atoms with E-state index in [0.29, 0.717) is 38.2 Å². The van der Waals surface area contributed by atoms with E-state index in [1.54, 1.807) is 4.90 Å². The minimum Gasteiger partial charge on any atom is -0.324 e. The fraction of sp³-hybridized carbons (Fsp3) is 0.450. The maximum absolute atomic E-state index is 13.0. The van der Waals surface area contributed by atoms with Crippen LogP contribution in [0.1, 0.15) is 46.0 Å². The smallest absolute Gasteiger partial charge is 0.255 e. The maximum atomic E-state index is 13.0. The van der Waals surface area contributed by atoms with Gasteiger partial charge in [0.05, 0.1) is 13.1 Å². The third-order valence-corrected chi connectivity index (χ3v) is 6.09. The van der Waals surface area contributed by atoms with Gasteiger partial charge in [-0.25, -0.2) is 0 Å². The van der Waals surface area contributed by atoms with Gasteiger partial charge in [0.2, 0.25) is 11.8 Å². The average molecular weight is 409 g/mol. The van der Waals surface area contributed by atoms with Crippen LogP contribution in [0.15, 0.2) is 18.2 Å². The van der Waals surface area contributed by atoms with Crippen LogP contribution in [0.3, 0.4) is 0 Å². The summed E-state index contributed by atoms with van der Waals surface area (Å²) in [5.41, 5.74) is 8.31. The van der Waals surface area contributed by atoms with Crippen LogP contribution in [0.2, 0.25) is 0 Å². The van der Waals surface area contributed by atoms with Crippen molar-refractivity contribution in [3.63, 3.8) is 0 Å². The van der Waals surface area contributed by atoms with Gasteiger partial charge in [-0.3, -0.25) is 24.6 Å². The summed E-state index contributed by atoms with van der Waals surface area (Å²) in [5.74, 6) is 0.900. The molecule has 3 aliphatic heterocycles. The molecule has 1 saturated heterocycles. The molecule has 4 heterocycles. The summed E-state index contributed by atoms with van der Waals surface area (Å²) in [4.78, 5) is 40.4. The molecule has 30 heavy (non-hydrogen) atoms. The molecule has 0 spiro atoms. The van der Waals surface area contributed by atoms with Gasteiger partial charge >= 0.3 is 0 Å². The molecule has 10 heteroatoms. The standard InChI is InChI=1S/C20H23N7O3/c21-8-16-23-24-17-11-25(5-6-26(16)17)9-12-1-2-13-10-27(20(30)14(13)7-12)15-3-4-18(28)22-19(15)29/h1-2,7,15H,3-6,8-11,21H2,(H,22,28,29). The molecule has 2 aromatic rings. The molecular formula is C20H23N7O3. The van der Waals surface area contributed by atoms with E-state index in [4.69, 9.17) is 5.73 Å². The number of carbonyl (C=O) groups is 3. The lowest BCUT2D eigenvalue weighted by atomic mass is 10.0. The first-order valence-corrected chi connectivity index (χ1v) is 10.1. The molecule has 1 aromatic carbocycles. The van der Waals surface area contributed by atoms with Crippen LogP contribution >= 0.6 is 0 Å². The van der Waals surface area contributed by atoms with Crippen LogP contribution in [-0.4, -0.2) is 54.9 Å². The zero-order chi connectivity index (χ0) is 20.8. The number of rotatable bonds is 4. The lowest BCUT2D eigenvalue weighted by molar-refractivity contribution is -0.136. The van der Waals surface area contributed by atoms with Crippen molar-refractivity contribution in [3.8, 4) is 0 Å². The number of hydrogen-bond donors (Lipinski definition) is 2. The van der Waals surface area contributed by atoms with Gasteiger partial charge in [-0.15, -0.1) is 10.2 Å². The Hall–Kier alpha value is -3.11. The average Bonchev–Trinajstić information content (AvgIpc) is 3.29. The Balaban J connectivity index is 1.29.